The van der Waals surface area contributed by atoms with E-state index in [4.69, 9.17) is 4.74 Å². The summed E-state index contributed by atoms with van der Waals surface area (Å²) in [7, 11) is 0. The summed E-state index contributed by atoms with van der Waals surface area (Å²) < 4.78 is 7.05. The van der Waals surface area contributed by atoms with Crippen LogP contribution < -0.4 is 4.74 Å². The largest absolute Gasteiger partial charge is 0.487 e. The van der Waals surface area contributed by atoms with E-state index in [-0.39, 0.29) is 24.2 Å². The molecule has 2 aromatic rings. The molecule has 0 aromatic carbocycles. The number of pyridine rings is 1. The molecule has 1 saturated heterocycles. The van der Waals surface area contributed by atoms with E-state index in [1.54, 1.807) is 23.4 Å². The van der Waals surface area contributed by atoms with Gasteiger partial charge in [-0.05, 0) is 12.1 Å². The van der Waals surface area contributed by atoms with E-state index in [1.165, 1.54) is 10.9 Å². The van der Waals surface area contributed by atoms with Crippen LogP contribution in [-0.4, -0.2) is 49.7 Å². The van der Waals surface area contributed by atoms with Crippen LogP contribution in [0, 0.1) is 10.1 Å². The molecular weight excluding hydrogens is 302 g/mol. The lowest BCUT2D eigenvalue weighted by molar-refractivity contribution is -0.385. The third kappa shape index (κ3) is 3.62. The van der Waals surface area contributed by atoms with Crippen molar-refractivity contribution in [3.05, 3.63) is 47.0 Å². The summed E-state index contributed by atoms with van der Waals surface area (Å²) in [6, 6.07) is 3.61. The van der Waals surface area contributed by atoms with Gasteiger partial charge in [0.2, 0.25) is 5.91 Å². The van der Waals surface area contributed by atoms with Gasteiger partial charge in [0.05, 0.1) is 17.7 Å². The van der Waals surface area contributed by atoms with Gasteiger partial charge in [0, 0.05) is 19.2 Å². The van der Waals surface area contributed by atoms with Gasteiger partial charge in [0.1, 0.15) is 30.8 Å². The minimum absolute atomic E-state index is 0.0204. The van der Waals surface area contributed by atoms with E-state index in [0.29, 0.717) is 18.8 Å². The van der Waals surface area contributed by atoms with Crippen molar-refractivity contribution in [3.63, 3.8) is 0 Å². The van der Waals surface area contributed by atoms with E-state index in [1.807, 2.05) is 6.07 Å². The average molecular weight is 317 g/mol. The van der Waals surface area contributed by atoms with Crippen LogP contribution in [0.3, 0.4) is 0 Å². The number of hydrogen-bond acceptors (Lipinski definition) is 6. The molecule has 1 amide bonds. The van der Waals surface area contributed by atoms with E-state index in [2.05, 4.69) is 10.1 Å². The number of nitro groups is 1. The number of likely N-dealkylation sites (tertiary alicyclic amines) is 1. The number of carbonyl (C=O) groups is 1. The highest BCUT2D eigenvalue weighted by atomic mass is 16.6. The Kier molecular flexibility index (Phi) is 4.18. The van der Waals surface area contributed by atoms with Crippen molar-refractivity contribution in [1.29, 1.82) is 0 Å². The van der Waals surface area contributed by atoms with Crippen LogP contribution in [0.2, 0.25) is 0 Å². The van der Waals surface area contributed by atoms with Gasteiger partial charge in [0.15, 0.2) is 0 Å². The fraction of sp³-hybridized carbons (Fsp3) is 0.357. The molecule has 2 aromatic heterocycles. The number of ether oxygens (including phenoxy) is 1. The maximum Gasteiger partial charge on any atom is 0.307 e. The first kappa shape index (κ1) is 14.9. The van der Waals surface area contributed by atoms with E-state index < -0.39 is 4.92 Å². The first-order valence-corrected chi connectivity index (χ1v) is 7.13. The lowest BCUT2D eigenvalue weighted by atomic mass is 10.3. The van der Waals surface area contributed by atoms with Gasteiger partial charge in [-0.1, -0.05) is 0 Å². The number of hydrogen-bond donors (Lipinski definition) is 0. The van der Waals surface area contributed by atoms with E-state index >= 15 is 0 Å². The van der Waals surface area contributed by atoms with Gasteiger partial charge in [-0.2, -0.15) is 5.10 Å². The number of amides is 1. The molecule has 0 N–H and O–H groups in total. The molecule has 9 heteroatoms. The summed E-state index contributed by atoms with van der Waals surface area (Å²) in [5.41, 5.74) is -0.128. The Hall–Kier alpha value is -2.97. The Morgan fingerprint density at radius 3 is 3.04 bits per heavy atom. The van der Waals surface area contributed by atoms with Crippen LogP contribution >= 0.6 is 0 Å². The first-order chi connectivity index (χ1) is 11.1. The Labute approximate surface area is 131 Å². The molecule has 0 saturated carbocycles. The van der Waals surface area contributed by atoms with Crippen molar-refractivity contribution in [1.82, 2.24) is 19.7 Å². The highest BCUT2D eigenvalue weighted by Gasteiger charge is 2.28. The monoisotopic (exact) mass is 317 g/mol. The smallest absolute Gasteiger partial charge is 0.307 e. The minimum atomic E-state index is -0.540. The highest BCUT2D eigenvalue weighted by Crippen LogP contribution is 2.18. The van der Waals surface area contributed by atoms with Crippen LogP contribution in [0.15, 0.2) is 36.9 Å². The molecule has 1 aliphatic heterocycles. The Morgan fingerprint density at radius 2 is 2.35 bits per heavy atom. The fourth-order valence-electron chi connectivity index (χ4n) is 2.43. The second-order valence-electron chi connectivity index (χ2n) is 5.21. The highest BCUT2D eigenvalue weighted by molar-refractivity contribution is 5.76. The summed E-state index contributed by atoms with van der Waals surface area (Å²) in [6.07, 6.45) is 6.34. The van der Waals surface area contributed by atoms with Crippen molar-refractivity contribution in [2.24, 2.45) is 0 Å². The SMILES string of the molecule is O=C(Cn1cc([N+](=O)[O-])cn1)N1CCC(Oc2cccnc2)C1. The molecule has 0 aliphatic carbocycles. The van der Waals surface area contributed by atoms with Crippen molar-refractivity contribution in [2.75, 3.05) is 13.1 Å². The second kappa shape index (κ2) is 6.42. The topological polar surface area (TPSA) is 103 Å². The molecule has 1 atom stereocenters. The predicted octanol–water partition coefficient (Wildman–Crippen LogP) is 0.866. The van der Waals surface area contributed by atoms with E-state index in [9.17, 15) is 14.9 Å². The Morgan fingerprint density at radius 1 is 1.48 bits per heavy atom. The summed E-state index contributed by atoms with van der Waals surface area (Å²) in [5.74, 6) is 0.537. The Balaban J connectivity index is 1.53. The van der Waals surface area contributed by atoms with Gasteiger partial charge in [-0.3, -0.25) is 24.6 Å². The molecule has 0 bridgehead atoms. The molecule has 23 heavy (non-hydrogen) atoms. The van der Waals surface area contributed by atoms with Crippen LogP contribution in [0.25, 0.3) is 0 Å². The van der Waals surface area contributed by atoms with Gasteiger partial charge in [-0.25, -0.2) is 0 Å². The maximum atomic E-state index is 12.2. The minimum Gasteiger partial charge on any atom is -0.487 e. The standard InChI is InChI=1S/C14H15N5O4/c20-14(10-18-8-11(6-16-18)19(21)22)17-5-3-13(9-17)23-12-2-1-4-15-7-12/h1-2,4,6-8,13H,3,5,9-10H2. The summed E-state index contributed by atoms with van der Waals surface area (Å²) in [6.45, 7) is 1.05. The maximum absolute atomic E-state index is 12.2. The Bertz CT molecular complexity index is 702. The number of nitrogens with zero attached hydrogens (tertiary/aromatic N) is 5. The average Bonchev–Trinajstić information content (AvgIpc) is 3.18. The molecule has 1 unspecified atom stereocenters. The fourth-order valence-corrected chi connectivity index (χ4v) is 2.43. The van der Waals surface area contributed by atoms with Crippen LogP contribution in [0.1, 0.15) is 6.42 Å². The zero-order chi connectivity index (χ0) is 16.2. The molecule has 0 spiro atoms. The number of rotatable bonds is 5. The predicted molar refractivity (Wildman–Crippen MR) is 78.7 cm³/mol. The molecule has 3 rings (SSSR count). The van der Waals surface area contributed by atoms with Gasteiger partial charge < -0.3 is 9.64 Å². The first-order valence-electron chi connectivity index (χ1n) is 7.13. The van der Waals surface area contributed by atoms with Crippen molar-refractivity contribution in [2.45, 2.75) is 19.1 Å². The molecule has 1 aliphatic rings. The number of carbonyl (C=O) groups excluding carboxylic acids is 1. The zero-order valence-electron chi connectivity index (χ0n) is 12.2. The summed E-state index contributed by atoms with van der Waals surface area (Å²) in [5, 5.41) is 14.4. The lowest BCUT2D eigenvalue weighted by Crippen LogP contribution is -2.33. The molecule has 120 valence electrons. The molecular formula is C14H15N5O4. The normalized spacial score (nSPS) is 17.2. The van der Waals surface area contributed by atoms with Crippen molar-refractivity contribution in [3.8, 4) is 5.75 Å². The molecule has 0 radical (unpaired) electrons. The summed E-state index contributed by atoms with van der Waals surface area (Å²) >= 11 is 0. The van der Waals surface area contributed by atoms with Crippen LogP contribution in [-0.2, 0) is 11.3 Å². The van der Waals surface area contributed by atoms with E-state index in [0.717, 1.165) is 12.6 Å². The summed E-state index contributed by atoms with van der Waals surface area (Å²) in [4.78, 5) is 27.9. The molecule has 1 fully saturated rings. The second-order valence-corrected chi connectivity index (χ2v) is 5.21. The third-order valence-electron chi connectivity index (χ3n) is 3.56. The third-order valence-corrected chi connectivity index (χ3v) is 3.56. The molecule has 9 nitrogen and oxygen atoms in total. The zero-order valence-corrected chi connectivity index (χ0v) is 12.2. The van der Waals surface area contributed by atoms with Crippen molar-refractivity contribution >= 4 is 11.6 Å². The van der Waals surface area contributed by atoms with Gasteiger partial charge in [-0.15, -0.1) is 0 Å². The molecule has 3 heterocycles. The number of aromatic nitrogens is 3. The van der Waals surface area contributed by atoms with Crippen LogP contribution in [0.4, 0.5) is 5.69 Å². The van der Waals surface area contributed by atoms with Crippen LogP contribution in [0.5, 0.6) is 5.75 Å². The van der Waals surface area contributed by atoms with Gasteiger partial charge >= 0.3 is 5.69 Å². The quantitative estimate of drug-likeness (QED) is 0.598. The van der Waals surface area contributed by atoms with Gasteiger partial charge in [0.25, 0.3) is 0 Å². The lowest BCUT2D eigenvalue weighted by Gasteiger charge is -2.17. The van der Waals surface area contributed by atoms with Crippen molar-refractivity contribution < 1.29 is 14.5 Å².